The molecule has 4 heteroatoms. The minimum absolute atomic E-state index is 0.342. The molecule has 0 radical (unpaired) electrons. The molecule has 19 heavy (non-hydrogen) atoms. The second kappa shape index (κ2) is 5.39. The molecule has 4 nitrogen and oxygen atoms in total. The summed E-state index contributed by atoms with van der Waals surface area (Å²) in [5, 5.41) is 0. The fourth-order valence-electron chi connectivity index (χ4n) is 3.00. The van der Waals surface area contributed by atoms with E-state index in [1.54, 1.807) is 0 Å². The molecule has 0 spiro atoms. The monoisotopic (exact) mass is 262 g/mol. The zero-order valence-corrected chi connectivity index (χ0v) is 11.5. The van der Waals surface area contributed by atoms with E-state index in [4.69, 9.17) is 15.2 Å². The van der Waals surface area contributed by atoms with E-state index in [2.05, 4.69) is 24.1 Å². The lowest BCUT2D eigenvalue weighted by Crippen LogP contribution is -2.38. The fraction of sp³-hybridized carbons (Fsp3) is 0.600. The molecule has 1 aliphatic carbocycles. The Balaban J connectivity index is 1.61. The van der Waals surface area contributed by atoms with Crippen molar-refractivity contribution in [3.8, 4) is 11.5 Å². The van der Waals surface area contributed by atoms with Crippen LogP contribution in [0.2, 0.25) is 0 Å². The molecule has 2 aliphatic rings. The van der Waals surface area contributed by atoms with Crippen molar-refractivity contribution >= 4 is 0 Å². The van der Waals surface area contributed by atoms with Gasteiger partial charge in [-0.1, -0.05) is 6.07 Å². The van der Waals surface area contributed by atoms with Crippen LogP contribution in [0, 0.1) is 0 Å². The standard InChI is InChI=1S/C15H22N2O2/c1-17(13-5-3-12(16)4-6-13)9-11-2-7-14-15(8-11)19-10-18-14/h2,7-8,12-13H,3-6,9-10,16H2,1H3. The molecule has 0 bridgehead atoms. The van der Waals surface area contributed by atoms with E-state index >= 15 is 0 Å². The van der Waals surface area contributed by atoms with E-state index in [9.17, 15) is 0 Å². The Kier molecular flexibility index (Phi) is 3.62. The third kappa shape index (κ3) is 2.85. The molecular formula is C15H22N2O2. The first-order valence-electron chi connectivity index (χ1n) is 7.07. The second-order valence-electron chi connectivity index (χ2n) is 5.67. The summed E-state index contributed by atoms with van der Waals surface area (Å²) < 4.78 is 10.8. The Labute approximate surface area is 114 Å². The van der Waals surface area contributed by atoms with Crippen LogP contribution < -0.4 is 15.2 Å². The zero-order chi connectivity index (χ0) is 13.2. The Hall–Kier alpha value is -1.26. The van der Waals surface area contributed by atoms with Gasteiger partial charge in [0.1, 0.15) is 0 Å². The maximum Gasteiger partial charge on any atom is 0.231 e. The predicted molar refractivity (Wildman–Crippen MR) is 74.3 cm³/mol. The molecule has 0 aromatic heterocycles. The first-order chi connectivity index (χ1) is 9.22. The number of benzene rings is 1. The topological polar surface area (TPSA) is 47.7 Å². The van der Waals surface area contributed by atoms with E-state index in [-0.39, 0.29) is 0 Å². The molecule has 1 aromatic carbocycles. The lowest BCUT2D eigenvalue weighted by molar-refractivity contribution is 0.172. The summed E-state index contributed by atoms with van der Waals surface area (Å²) in [6.45, 7) is 1.30. The van der Waals surface area contributed by atoms with Gasteiger partial charge in [0.2, 0.25) is 6.79 Å². The Morgan fingerprint density at radius 2 is 1.89 bits per heavy atom. The number of nitrogens with two attached hydrogens (primary N) is 1. The van der Waals surface area contributed by atoms with E-state index < -0.39 is 0 Å². The highest BCUT2D eigenvalue weighted by molar-refractivity contribution is 5.44. The van der Waals surface area contributed by atoms with Gasteiger partial charge in [0.15, 0.2) is 11.5 Å². The lowest BCUT2D eigenvalue weighted by atomic mass is 9.91. The highest BCUT2D eigenvalue weighted by Gasteiger charge is 2.22. The number of hydrogen-bond acceptors (Lipinski definition) is 4. The lowest BCUT2D eigenvalue weighted by Gasteiger charge is -2.33. The van der Waals surface area contributed by atoms with E-state index in [1.165, 1.54) is 18.4 Å². The SMILES string of the molecule is CN(Cc1ccc2c(c1)OCO2)C1CCC(N)CC1. The molecule has 1 aromatic rings. The summed E-state index contributed by atoms with van der Waals surface area (Å²) >= 11 is 0. The number of rotatable bonds is 3. The van der Waals surface area contributed by atoms with Gasteiger partial charge in [0.25, 0.3) is 0 Å². The van der Waals surface area contributed by atoms with Crippen LogP contribution >= 0.6 is 0 Å². The minimum atomic E-state index is 0.342. The summed E-state index contributed by atoms with van der Waals surface area (Å²) in [6.07, 6.45) is 4.72. The number of ether oxygens (including phenoxy) is 2. The molecular weight excluding hydrogens is 240 g/mol. The van der Waals surface area contributed by atoms with Crippen molar-refractivity contribution in [2.24, 2.45) is 5.73 Å². The van der Waals surface area contributed by atoms with Crippen molar-refractivity contribution in [3.05, 3.63) is 23.8 Å². The van der Waals surface area contributed by atoms with Crippen LogP contribution in [0.3, 0.4) is 0 Å². The van der Waals surface area contributed by atoms with Gasteiger partial charge in [-0.2, -0.15) is 0 Å². The van der Waals surface area contributed by atoms with Crippen LogP contribution in [0.4, 0.5) is 0 Å². The smallest absolute Gasteiger partial charge is 0.231 e. The quantitative estimate of drug-likeness (QED) is 0.906. The van der Waals surface area contributed by atoms with E-state index in [0.29, 0.717) is 18.9 Å². The second-order valence-corrected chi connectivity index (χ2v) is 5.67. The molecule has 2 N–H and O–H groups in total. The van der Waals surface area contributed by atoms with Crippen LogP contribution in [0.15, 0.2) is 18.2 Å². The van der Waals surface area contributed by atoms with E-state index in [0.717, 1.165) is 30.9 Å². The number of fused-ring (bicyclic) bond motifs is 1. The van der Waals surface area contributed by atoms with Gasteiger partial charge in [-0.05, 0) is 50.4 Å². The number of hydrogen-bond donors (Lipinski definition) is 1. The maximum absolute atomic E-state index is 5.96. The normalized spacial score (nSPS) is 25.8. The molecule has 1 saturated carbocycles. The van der Waals surface area contributed by atoms with Crippen molar-refractivity contribution in [2.45, 2.75) is 44.3 Å². The summed E-state index contributed by atoms with van der Waals surface area (Å²) in [6, 6.07) is 7.29. The minimum Gasteiger partial charge on any atom is -0.454 e. The van der Waals surface area contributed by atoms with Gasteiger partial charge in [-0.25, -0.2) is 0 Å². The van der Waals surface area contributed by atoms with Crippen molar-refractivity contribution < 1.29 is 9.47 Å². The summed E-state index contributed by atoms with van der Waals surface area (Å²) in [5.41, 5.74) is 7.24. The first kappa shape index (κ1) is 12.8. The largest absolute Gasteiger partial charge is 0.454 e. The van der Waals surface area contributed by atoms with Crippen molar-refractivity contribution in [1.29, 1.82) is 0 Å². The van der Waals surface area contributed by atoms with Gasteiger partial charge < -0.3 is 15.2 Å². The van der Waals surface area contributed by atoms with Crippen molar-refractivity contribution in [2.75, 3.05) is 13.8 Å². The third-order valence-electron chi connectivity index (χ3n) is 4.23. The molecule has 0 saturated heterocycles. The molecule has 3 rings (SSSR count). The first-order valence-corrected chi connectivity index (χ1v) is 7.07. The maximum atomic E-state index is 5.96. The van der Waals surface area contributed by atoms with Crippen molar-refractivity contribution in [3.63, 3.8) is 0 Å². The molecule has 1 aliphatic heterocycles. The highest BCUT2D eigenvalue weighted by atomic mass is 16.7. The van der Waals surface area contributed by atoms with Gasteiger partial charge in [-0.15, -0.1) is 0 Å². The summed E-state index contributed by atoms with van der Waals surface area (Å²) in [7, 11) is 2.20. The Morgan fingerprint density at radius 1 is 1.16 bits per heavy atom. The van der Waals surface area contributed by atoms with Crippen LogP contribution in [-0.4, -0.2) is 30.8 Å². The van der Waals surface area contributed by atoms with Crippen LogP contribution in [0.5, 0.6) is 11.5 Å². The van der Waals surface area contributed by atoms with Gasteiger partial charge in [0, 0.05) is 18.6 Å². The summed E-state index contributed by atoms with van der Waals surface area (Å²) in [5.74, 6) is 1.73. The number of nitrogens with zero attached hydrogens (tertiary/aromatic N) is 1. The molecule has 0 amide bonds. The van der Waals surface area contributed by atoms with Crippen LogP contribution in [-0.2, 0) is 6.54 Å². The predicted octanol–water partition coefficient (Wildman–Crippen LogP) is 2.12. The Morgan fingerprint density at radius 3 is 2.68 bits per heavy atom. The van der Waals surface area contributed by atoms with E-state index in [1.807, 2.05) is 6.07 Å². The summed E-state index contributed by atoms with van der Waals surface area (Å²) in [4.78, 5) is 2.43. The third-order valence-corrected chi connectivity index (χ3v) is 4.23. The fourth-order valence-corrected chi connectivity index (χ4v) is 3.00. The highest BCUT2D eigenvalue weighted by Crippen LogP contribution is 2.33. The van der Waals surface area contributed by atoms with Gasteiger partial charge >= 0.3 is 0 Å². The molecule has 0 atom stereocenters. The Bertz CT molecular complexity index is 442. The molecule has 104 valence electrons. The average molecular weight is 262 g/mol. The van der Waals surface area contributed by atoms with Gasteiger partial charge in [-0.3, -0.25) is 4.90 Å². The van der Waals surface area contributed by atoms with Gasteiger partial charge in [0.05, 0.1) is 0 Å². The molecule has 1 heterocycles. The molecule has 0 unspecified atom stereocenters. The molecule has 1 fully saturated rings. The van der Waals surface area contributed by atoms with Crippen LogP contribution in [0.25, 0.3) is 0 Å². The van der Waals surface area contributed by atoms with Crippen molar-refractivity contribution in [1.82, 2.24) is 4.90 Å². The average Bonchev–Trinajstić information content (AvgIpc) is 2.87. The van der Waals surface area contributed by atoms with Crippen LogP contribution in [0.1, 0.15) is 31.2 Å². The zero-order valence-electron chi connectivity index (χ0n) is 11.5.